The first-order valence-electron chi connectivity index (χ1n) is 8.26. The van der Waals surface area contributed by atoms with Gasteiger partial charge in [0.15, 0.2) is 0 Å². The number of hydrogen-bond acceptors (Lipinski definition) is 1. The fourth-order valence-corrected chi connectivity index (χ4v) is 6.68. The van der Waals surface area contributed by atoms with E-state index in [0.717, 1.165) is 12.0 Å². The molecular formula is C19H34NPTi. The molecule has 0 aromatic carbocycles. The topological polar surface area (TPSA) is 12.4 Å². The van der Waals surface area contributed by atoms with Gasteiger partial charge in [-0.15, -0.1) is 0 Å². The molecule has 3 heteroatoms. The molecule has 1 aliphatic carbocycles. The maximum atomic E-state index is 5.19. The van der Waals surface area contributed by atoms with Crippen molar-refractivity contribution >= 4 is 7.05 Å². The summed E-state index contributed by atoms with van der Waals surface area (Å²) in [6.07, 6.45) is 17.3. The van der Waals surface area contributed by atoms with Gasteiger partial charge in [0.2, 0.25) is 0 Å². The molecule has 1 aliphatic rings. The van der Waals surface area contributed by atoms with Gasteiger partial charge in [0.1, 0.15) is 0 Å². The molecular weight excluding hydrogens is 321 g/mol. The Kier molecular flexibility index (Phi) is 15.9. The zero-order valence-electron chi connectivity index (χ0n) is 15.1. The van der Waals surface area contributed by atoms with Gasteiger partial charge in [-0.3, -0.25) is 4.74 Å². The van der Waals surface area contributed by atoms with E-state index in [0.29, 0.717) is 0 Å². The van der Waals surface area contributed by atoms with Gasteiger partial charge in [-0.2, -0.15) is 0 Å². The van der Waals surface area contributed by atoms with E-state index in [1.54, 1.807) is 6.08 Å². The van der Waals surface area contributed by atoms with Gasteiger partial charge in [0.25, 0.3) is 0 Å². The van der Waals surface area contributed by atoms with E-state index in [1.807, 2.05) is 6.92 Å². The third-order valence-corrected chi connectivity index (χ3v) is 7.88. The van der Waals surface area contributed by atoms with Gasteiger partial charge >= 0.3 is 0 Å². The van der Waals surface area contributed by atoms with Gasteiger partial charge in [-0.05, 0) is 38.5 Å². The Balaban J connectivity index is 0. The van der Waals surface area contributed by atoms with E-state index < -0.39 is 7.05 Å². The van der Waals surface area contributed by atoms with Crippen LogP contribution in [0.1, 0.15) is 53.4 Å². The predicted molar refractivity (Wildman–Crippen MR) is 102 cm³/mol. The summed E-state index contributed by atoms with van der Waals surface area (Å²) in [5.41, 5.74) is 2.36. The van der Waals surface area contributed by atoms with Crippen LogP contribution in [0.15, 0.2) is 53.5 Å². The first kappa shape index (κ1) is 24.2. The van der Waals surface area contributed by atoms with Gasteiger partial charge in [-0.1, -0.05) is 77.0 Å². The molecule has 0 aromatic rings. The van der Waals surface area contributed by atoms with Crippen molar-refractivity contribution < 1.29 is 21.7 Å². The van der Waals surface area contributed by atoms with E-state index in [9.17, 15) is 0 Å². The third-order valence-electron chi connectivity index (χ3n) is 3.36. The maximum absolute atomic E-state index is 5.19. The van der Waals surface area contributed by atoms with Crippen LogP contribution in [-0.4, -0.2) is 18.5 Å². The number of hydrogen-bond donors (Lipinski definition) is 0. The number of nitrogens with zero attached hydrogens (tertiary/aromatic N) is 1. The molecule has 1 nitrogen and oxygen atoms in total. The van der Waals surface area contributed by atoms with Gasteiger partial charge in [-0.25, -0.2) is 0 Å². The van der Waals surface area contributed by atoms with E-state index in [-0.39, 0.29) is 21.7 Å². The summed E-state index contributed by atoms with van der Waals surface area (Å²) in [6, 6.07) is 0. The van der Waals surface area contributed by atoms with Crippen LogP contribution in [0.25, 0.3) is 0 Å². The molecule has 0 saturated heterocycles. The standard InChI is InChI=1S/C14H26NP.C5H8.Ti/c1-4-11-16(12-5-2,13-6-3)15-14-9-7-8-10-14;1-4-5(2)3;/h7-9H,4-6,10-13H2,1-3H3;4H,1-2H2,3H3;. The second-order valence-corrected chi connectivity index (χ2v) is 9.44. The molecule has 0 unspecified atom stereocenters. The maximum Gasteiger partial charge on any atom is 0.0425 e. The van der Waals surface area contributed by atoms with E-state index in [2.05, 4.69) is 52.2 Å². The minimum atomic E-state index is -1.03. The molecule has 0 bridgehead atoms. The van der Waals surface area contributed by atoms with Crippen molar-refractivity contribution in [3.63, 3.8) is 0 Å². The molecule has 0 aliphatic heterocycles. The van der Waals surface area contributed by atoms with E-state index in [1.165, 1.54) is 43.4 Å². The fourth-order valence-electron chi connectivity index (χ4n) is 2.52. The summed E-state index contributed by atoms with van der Waals surface area (Å²) < 4.78 is 5.19. The van der Waals surface area contributed by atoms with Crippen LogP contribution >= 0.6 is 7.05 Å². The first-order chi connectivity index (χ1) is 10.0. The Hall–Kier alpha value is -0.0957. The van der Waals surface area contributed by atoms with Crippen LogP contribution in [0.4, 0.5) is 0 Å². The van der Waals surface area contributed by atoms with Crippen molar-refractivity contribution in [3.05, 3.63) is 48.7 Å². The minimum Gasteiger partial charge on any atom is -0.272 e. The molecule has 0 spiro atoms. The number of allylic oxidation sites excluding steroid dienone is 5. The first-order valence-corrected chi connectivity index (χ1v) is 10.6. The molecule has 0 radical (unpaired) electrons. The van der Waals surface area contributed by atoms with Crippen molar-refractivity contribution in [2.75, 3.05) is 18.5 Å². The summed E-state index contributed by atoms with van der Waals surface area (Å²) in [5, 5.41) is 0. The zero-order chi connectivity index (χ0) is 16.1. The average molecular weight is 355 g/mol. The Bertz CT molecular complexity index is 409. The molecule has 0 atom stereocenters. The normalized spacial score (nSPS) is 12.6. The van der Waals surface area contributed by atoms with Crippen molar-refractivity contribution in [2.45, 2.75) is 53.4 Å². The zero-order valence-corrected chi connectivity index (χ0v) is 17.5. The molecule has 0 amide bonds. The smallest absolute Gasteiger partial charge is 0.0425 e. The number of rotatable bonds is 8. The molecule has 1 rings (SSSR count). The molecule has 124 valence electrons. The van der Waals surface area contributed by atoms with Crippen LogP contribution < -0.4 is 0 Å². The molecule has 0 heterocycles. The molecule has 22 heavy (non-hydrogen) atoms. The molecule has 0 aromatic heterocycles. The van der Waals surface area contributed by atoms with Gasteiger partial charge < -0.3 is 0 Å². The largest absolute Gasteiger partial charge is 0.272 e. The van der Waals surface area contributed by atoms with E-state index in [4.69, 9.17) is 4.74 Å². The molecule has 0 N–H and O–H groups in total. The van der Waals surface area contributed by atoms with Crippen molar-refractivity contribution in [1.82, 2.24) is 0 Å². The Morgan fingerprint density at radius 2 is 1.64 bits per heavy atom. The van der Waals surface area contributed by atoms with Gasteiger partial charge in [0, 0.05) is 33.8 Å². The molecule has 0 saturated carbocycles. The van der Waals surface area contributed by atoms with Crippen LogP contribution in [0.5, 0.6) is 0 Å². The quantitative estimate of drug-likeness (QED) is 0.252. The Morgan fingerprint density at radius 1 is 1.18 bits per heavy atom. The average Bonchev–Trinajstić information content (AvgIpc) is 2.93. The van der Waals surface area contributed by atoms with Crippen molar-refractivity contribution in [3.8, 4) is 0 Å². The summed E-state index contributed by atoms with van der Waals surface area (Å²) in [4.78, 5) is 0. The summed E-state index contributed by atoms with van der Waals surface area (Å²) in [6.45, 7) is 15.8. The monoisotopic (exact) mass is 355 g/mol. The SMILES string of the molecule is C=CC(=C)C.CCCP(CCC)(CCC)=NC1=CC=CC1.[Ti]. The third kappa shape index (κ3) is 10.6. The van der Waals surface area contributed by atoms with Crippen LogP contribution in [-0.2, 0) is 21.7 Å². The summed E-state index contributed by atoms with van der Waals surface area (Å²) >= 11 is 0. The van der Waals surface area contributed by atoms with E-state index >= 15 is 0 Å². The Labute approximate surface area is 154 Å². The van der Waals surface area contributed by atoms with Crippen molar-refractivity contribution in [1.29, 1.82) is 0 Å². The Morgan fingerprint density at radius 3 is 1.91 bits per heavy atom. The van der Waals surface area contributed by atoms with Gasteiger partial charge in [0.05, 0.1) is 0 Å². The minimum absolute atomic E-state index is 0. The predicted octanol–water partition coefficient (Wildman–Crippen LogP) is 7.01. The summed E-state index contributed by atoms with van der Waals surface area (Å²) in [7, 11) is -1.03. The molecule has 0 fully saturated rings. The van der Waals surface area contributed by atoms with Crippen LogP contribution in [0.3, 0.4) is 0 Å². The fraction of sp³-hybridized carbons (Fsp3) is 0.579. The summed E-state index contributed by atoms with van der Waals surface area (Å²) in [5.74, 6) is 0. The van der Waals surface area contributed by atoms with Crippen LogP contribution in [0.2, 0.25) is 0 Å². The second-order valence-electron chi connectivity index (χ2n) is 5.71. The van der Waals surface area contributed by atoms with Crippen LogP contribution in [0, 0.1) is 0 Å². The second kappa shape index (κ2) is 14.5. The van der Waals surface area contributed by atoms with Crippen molar-refractivity contribution in [2.24, 2.45) is 4.74 Å².